The Hall–Kier alpha value is -0.720. The minimum atomic E-state index is -0.343. The third kappa shape index (κ3) is 2.24. The molecule has 0 saturated heterocycles. The van der Waals surface area contributed by atoms with E-state index in [1.807, 2.05) is 18.4 Å². The van der Waals surface area contributed by atoms with Gasteiger partial charge >= 0.3 is 0 Å². The van der Waals surface area contributed by atoms with Crippen molar-refractivity contribution in [3.05, 3.63) is 27.2 Å². The van der Waals surface area contributed by atoms with Crippen LogP contribution >= 0.6 is 28.1 Å². The van der Waals surface area contributed by atoms with Crippen molar-refractivity contribution in [3.8, 4) is 0 Å². The molecular weight excluding hydrogens is 319 g/mol. The second kappa shape index (κ2) is 4.75. The van der Waals surface area contributed by atoms with E-state index in [4.69, 9.17) is 17.0 Å². The second-order valence-corrected chi connectivity index (χ2v) is 6.04. The molecular formula is C12H14BrFN2OS. The van der Waals surface area contributed by atoms with Crippen molar-refractivity contribution in [3.63, 3.8) is 0 Å². The molecule has 18 heavy (non-hydrogen) atoms. The number of methoxy groups -OCH3 is 1. The first-order valence-corrected chi connectivity index (χ1v) is 6.66. The van der Waals surface area contributed by atoms with Crippen LogP contribution in [0, 0.1) is 10.6 Å². The van der Waals surface area contributed by atoms with Crippen molar-refractivity contribution in [2.24, 2.45) is 0 Å². The summed E-state index contributed by atoms with van der Waals surface area (Å²) in [5, 5.41) is 0. The van der Waals surface area contributed by atoms with Crippen molar-refractivity contribution in [2.75, 3.05) is 13.7 Å². The Morgan fingerprint density at radius 1 is 1.50 bits per heavy atom. The highest BCUT2D eigenvalue weighted by molar-refractivity contribution is 9.10. The van der Waals surface area contributed by atoms with Crippen LogP contribution in [0.5, 0.6) is 0 Å². The van der Waals surface area contributed by atoms with E-state index >= 15 is 0 Å². The van der Waals surface area contributed by atoms with E-state index in [2.05, 4.69) is 20.9 Å². The summed E-state index contributed by atoms with van der Waals surface area (Å²) in [7, 11) is 1.64. The van der Waals surface area contributed by atoms with Gasteiger partial charge in [-0.1, -0.05) is 0 Å². The molecule has 1 aromatic carbocycles. The molecule has 0 spiro atoms. The summed E-state index contributed by atoms with van der Waals surface area (Å²) in [6, 6.07) is 3.17. The van der Waals surface area contributed by atoms with Crippen LogP contribution in [0.15, 0.2) is 16.6 Å². The van der Waals surface area contributed by atoms with Crippen molar-refractivity contribution in [1.82, 2.24) is 9.55 Å². The minimum absolute atomic E-state index is 0.307. The Morgan fingerprint density at radius 3 is 2.78 bits per heavy atom. The molecule has 1 aromatic heterocycles. The van der Waals surface area contributed by atoms with Crippen molar-refractivity contribution in [2.45, 2.75) is 19.4 Å². The number of aromatic nitrogens is 2. The highest BCUT2D eigenvalue weighted by Crippen LogP contribution is 2.28. The molecule has 1 N–H and O–H groups in total. The van der Waals surface area contributed by atoms with Crippen LogP contribution in [0.25, 0.3) is 11.0 Å². The maximum Gasteiger partial charge on any atom is 0.178 e. The Morgan fingerprint density at radius 2 is 2.17 bits per heavy atom. The number of halogens is 2. The Balaban J connectivity index is 2.75. The van der Waals surface area contributed by atoms with Gasteiger partial charge in [-0.05, 0) is 48.1 Å². The van der Waals surface area contributed by atoms with Gasteiger partial charge in [-0.25, -0.2) is 4.39 Å². The molecule has 0 atom stereocenters. The van der Waals surface area contributed by atoms with Crippen LogP contribution in [-0.4, -0.2) is 23.3 Å². The lowest BCUT2D eigenvalue weighted by Gasteiger charge is -2.26. The van der Waals surface area contributed by atoms with Gasteiger partial charge in [0.2, 0.25) is 0 Å². The number of H-pyrrole nitrogens is 1. The summed E-state index contributed by atoms with van der Waals surface area (Å²) in [6.45, 7) is 4.49. The number of imidazole rings is 1. The van der Waals surface area contributed by atoms with Crippen LogP contribution < -0.4 is 0 Å². The molecule has 0 radical (unpaired) electrons. The van der Waals surface area contributed by atoms with E-state index in [1.54, 1.807) is 13.2 Å². The third-order valence-corrected chi connectivity index (χ3v) is 3.72. The normalized spacial score (nSPS) is 12.3. The van der Waals surface area contributed by atoms with E-state index in [9.17, 15) is 4.39 Å². The highest BCUT2D eigenvalue weighted by atomic mass is 79.9. The first-order chi connectivity index (χ1) is 8.36. The second-order valence-electron chi connectivity index (χ2n) is 4.79. The number of benzene rings is 1. The Kier molecular flexibility index (Phi) is 3.62. The monoisotopic (exact) mass is 332 g/mol. The predicted molar refractivity (Wildman–Crippen MR) is 76.0 cm³/mol. The van der Waals surface area contributed by atoms with E-state index in [0.717, 1.165) is 11.0 Å². The van der Waals surface area contributed by atoms with Gasteiger partial charge in [-0.3, -0.25) is 0 Å². The molecule has 0 amide bonds. The summed E-state index contributed by atoms with van der Waals surface area (Å²) in [5.41, 5.74) is 1.20. The first kappa shape index (κ1) is 13.7. The molecule has 2 rings (SSSR count). The fourth-order valence-electron chi connectivity index (χ4n) is 2.12. The van der Waals surface area contributed by atoms with E-state index in [1.165, 1.54) is 6.07 Å². The van der Waals surface area contributed by atoms with Crippen molar-refractivity contribution in [1.29, 1.82) is 0 Å². The molecule has 0 aliphatic rings. The fourth-order valence-corrected chi connectivity index (χ4v) is 2.92. The average Bonchev–Trinajstić information content (AvgIpc) is 2.55. The zero-order valence-corrected chi connectivity index (χ0v) is 12.8. The van der Waals surface area contributed by atoms with E-state index < -0.39 is 0 Å². The Bertz CT molecular complexity index is 647. The predicted octanol–water partition coefficient (Wildman–Crippen LogP) is 3.98. The van der Waals surface area contributed by atoms with Gasteiger partial charge < -0.3 is 14.3 Å². The average molecular weight is 333 g/mol. The fraction of sp³-hybridized carbons (Fsp3) is 0.417. The zero-order valence-electron chi connectivity index (χ0n) is 10.4. The summed E-state index contributed by atoms with van der Waals surface area (Å²) in [4.78, 5) is 3.09. The lowest BCUT2D eigenvalue weighted by molar-refractivity contribution is 0.111. The number of nitrogens with zero attached hydrogens (tertiary/aromatic N) is 1. The van der Waals surface area contributed by atoms with Gasteiger partial charge in [0, 0.05) is 13.2 Å². The number of ether oxygens (including phenoxy) is 1. The number of nitrogens with one attached hydrogen (secondary N) is 1. The topological polar surface area (TPSA) is 29.9 Å². The van der Waals surface area contributed by atoms with E-state index in [0.29, 0.717) is 15.9 Å². The lowest BCUT2D eigenvalue weighted by atomic mass is 10.1. The zero-order chi connectivity index (χ0) is 13.5. The lowest BCUT2D eigenvalue weighted by Crippen LogP contribution is -2.31. The Labute approximate surface area is 118 Å². The maximum atomic E-state index is 13.7. The molecule has 0 unspecified atom stereocenters. The summed E-state index contributed by atoms with van der Waals surface area (Å²) in [6.07, 6.45) is 0. The quantitative estimate of drug-likeness (QED) is 0.861. The molecule has 0 bridgehead atoms. The number of aromatic amines is 1. The van der Waals surface area contributed by atoms with Crippen LogP contribution in [-0.2, 0) is 10.3 Å². The molecule has 0 aliphatic carbocycles. The number of hydrogen-bond donors (Lipinski definition) is 1. The third-order valence-electron chi connectivity index (χ3n) is 2.83. The van der Waals surface area contributed by atoms with Gasteiger partial charge in [0.15, 0.2) is 4.77 Å². The molecule has 0 fully saturated rings. The van der Waals surface area contributed by atoms with Gasteiger partial charge in [0.05, 0.1) is 27.7 Å². The molecule has 2 aromatic rings. The summed E-state index contributed by atoms with van der Waals surface area (Å²) >= 11 is 8.48. The number of hydrogen-bond acceptors (Lipinski definition) is 2. The first-order valence-electron chi connectivity index (χ1n) is 5.46. The van der Waals surface area contributed by atoms with Crippen LogP contribution in [0.3, 0.4) is 0 Å². The minimum Gasteiger partial charge on any atom is -0.382 e. The maximum absolute atomic E-state index is 13.7. The smallest absolute Gasteiger partial charge is 0.178 e. The van der Waals surface area contributed by atoms with Crippen LogP contribution in [0.4, 0.5) is 4.39 Å². The van der Waals surface area contributed by atoms with Crippen LogP contribution in [0.2, 0.25) is 0 Å². The standard InChI is InChI=1S/C12H14BrFN2OS/c1-12(2,6-17-3)16-10-5-8(14)7(13)4-9(10)15-11(16)18/h4-5H,6H2,1-3H3,(H,15,18). The molecule has 98 valence electrons. The SMILES string of the molecule is COCC(C)(C)n1c(=S)[nH]c2cc(Br)c(F)cc21. The van der Waals surface area contributed by atoms with Crippen LogP contribution in [0.1, 0.15) is 13.8 Å². The highest BCUT2D eigenvalue weighted by Gasteiger charge is 2.24. The molecule has 1 heterocycles. The van der Waals surface area contributed by atoms with Crippen molar-refractivity contribution < 1.29 is 9.13 Å². The molecule has 0 saturated carbocycles. The van der Waals surface area contributed by atoms with Gasteiger partial charge in [-0.15, -0.1) is 0 Å². The number of rotatable bonds is 3. The molecule has 3 nitrogen and oxygen atoms in total. The summed E-state index contributed by atoms with van der Waals surface area (Å²) < 4.78 is 21.7. The molecule has 0 aliphatic heterocycles. The van der Waals surface area contributed by atoms with Crippen molar-refractivity contribution >= 4 is 39.2 Å². The van der Waals surface area contributed by atoms with Gasteiger partial charge in [-0.2, -0.15) is 0 Å². The number of fused-ring (bicyclic) bond motifs is 1. The summed E-state index contributed by atoms with van der Waals surface area (Å²) in [5.74, 6) is -0.307. The van der Waals surface area contributed by atoms with Gasteiger partial charge in [0.1, 0.15) is 5.82 Å². The largest absolute Gasteiger partial charge is 0.382 e. The van der Waals surface area contributed by atoms with E-state index in [-0.39, 0.29) is 11.4 Å². The molecule has 6 heteroatoms. The van der Waals surface area contributed by atoms with Gasteiger partial charge in [0.25, 0.3) is 0 Å².